The van der Waals surface area contributed by atoms with Crippen LogP contribution in [0, 0.1) is 0 Å². The second-order valence-electron chi connectivity index (χ2n) is 5.22. The van der Waals surface area contributed by atoms with E-state index in [0.717, 1.165) is 12.2 Å². The van der Waals surface area contributed by atoms with Gasteiger partial charge in [0.2, 0.25) is 0 Å². The Labute approximate surface area is 125 Å². The van der Waals surface area contributed by atoms with Crippen LogP contribution in [0.2, 0.25) is 5.02 Å². The predicted octanol–water partition coefficient (Wildman–Crippen LogP) is 3.59. The standard InChI is InChI=1S/C15H22ClN3O/c1-2-19(12-6-4-3-5-7-12)14-9-8-11(16)10-13(14)15(17)18-20/h8-10,12,20H,2-7H2,1H3,(H2,17,18). The lowest BCUT2D eigenvalue weighted by Gasteiger charge is -2.36. The van der Waals surface area contributed by atoms with Crippen LogP contribution in [0.25, 0.3) is 0 Å². The Bertz CT molecular complexity index is 484. The molecule has 1 fully saturated rings. The van der Waals surface area contributed by atoms with E-state index in [0.29, 0.717) is 16.6 Å². The summed E-state index contributed by atoms with van der Waals surface area (Å²) in [4.78, 5) is 2.35. The quantitative estimate of drug-likeness (QED) is 0.386. The van der Waals surface area contributed by atoms with Gasteiger partial charge in [0, 0.05) is 28.9 Å². The van der Waals surface area contributed by atoms with Crippen molar-refractivity contribution < 1.29 is 5.21 Å². The lowest BCUT2D eigenvalue weighted by atomic mass is 9.93. The predicted molar refractivity (Wildman–Crippen MR) is 83.9 cm³/mol. The summed E-state index contributed by atoms with van der Waals surface area (Å²) in [6.45, 7) is 3.04. The molecule has 0 saturated heterocycles. The van der Waals surface area contributed by atoms with Crippen molar-refractivity contribution in [3.8, 4) is 0 Å². The number of rotatable bonds is 4. The Morgan fingerprint density at radius 2 is 2.10 bits per heavy atom. The normalized spacial score (nSPS) is 17.2. The number of nitrogens with two attached hydrogens (primary N) is 1. The Hall–Kier alpha value is -1.42. The van der Waals surface area contributed by atoms with Crippen LogP contribution in [0.15, 0.2) is 23.4 Å². The molecule has 4 nitrogen and oxygen atoms in total. The summed E-state index contributed by atoms with van der Waals surface area (Å²) in [5.41, 5.74) is 7.50. The number of hydrogen-bond acceptors (Lipinski definition) is 3. The lowest BCUT2D eigenvalue weighted by molar-refractivity contribution is 0.318. The summed E-state index contributed by atoms with van der Waals surface area (Å²) in [6.07, 6.45) is 6.27. The number of benzene rings is 1. The van der Waals surface area contributed by atoms with Gasteiger partial charge in [-0.2, -0.15) is 0 Å². The van der Waals surface area contributed by atoms with E-state index in [1.807, 2.05) is 12.1 Å². The lowest BCUT2D eigenvalue weighted by Crippen LogP contribution is -2.38. The second kappa shape index (κ2) is 6.84. The van der Waals surface area contributed by atoms with E-state index >= 15 is 0 Å². The van der Waals surface area contributed by atoms with Gasteiger partial charge in [0.25, 0.3) is 0 Å². The van der Waals surface area contributed by atoms with Gasteiger partial charge >= 0.3 is 0 Å². The number of oxime groups is 1. The maximum absolute atomic E-state index is 8.97. The highest BCUT2D eigenvalue weighted by Crippen LogP contribution is 2.31. The van der Waals surface area contributed by atoms with Crippen molar-refractivity contribution in [2.24, 2.45) is 10.9 Å². The molecule has 0 spiro atoms. The molecule has 0 amide bonds. The SMILES string of the molecule is CCN(c1ccc(Cl)cc1C(N)=NO)C1CCCCC1. The van der Waals surface area contributed by atoms with Gasteiger partial charge in [-0.15, -0.1) is 0 Å². The molecule has 1 saturated carbocycles. The third-order valence-corrected chi connectivity index (χ3v) is 4.24. The van der Waals surface area contributed by atoms with E-state index in [1.54, 1.807) is 6.07 Å². The Balaban J connectivity index is 2.37. The maximum atomic E-state index is 8.97. The fourth-order valence-electron chi connectivity index (χ4n) is 3.04. The van der Waals surface area contributed by atoms with Crippen LogP contribution in [0.1, 0.15) is 44.6 Å². The molecule has 1 aliphatic rings. The molecule has 3 N–H and O–H groups in total. The number of nitrogens with zero attached hydrogens (tertiary/aromatic N) is 2. The van der Waals surface area contributed by atoms with E-state index in [2.05, 4.69) is 17.0 Å². The van der Waals surface area contributed by atoms with E-state index in [-0.39, 0.29) is 5.84 Å². The summed E-state index contributed by atoms with van der Waals surface area (Å²) in [5, 5.41) is 12.7. The molecule has 20 heavy (non-hydrogen) atoms. The van der Waals surface area contributed by atoms with Crippen LogP contribution < -0.4 is 10.6 Å². The van der Waals surface area contributed by atoms with Crippen molar-refractivity contribution >= 4 is 23.1 Å². The first-order chi connectivity index (χ1) is 9.67. The van der Waals surface area contributed by atoms with Crippen LogP contribution in [-0.4, -0.2) is 23.6 Å². The molecule has 1 aromatic rings. The fraction of sp³-hybridized carbons (Fsp3) is 0.533. The first-order valence-electron chi connectivity index (χ1n) is 7.21. The number of amidine groups is 1. The number of halogens is 1. The highest BCUT2D eigenvalue weighted by atomic mass is 35.5. The van der Waals surface area contributed by atoms with E-state index in [4.69, 9.17) is 22.5 Å². The molecule has 1 aliphatic carbocycles. The fourth-order valence-corrected chi connectivity index (χ4v) is 3.21. The number of hydrogen-bond donors (Lipinski definition) is 2. The molecule has 0 bridgehead atoms. The third kappa shape index (κ3) is 3.18. The molecule has 1 aromatic carbocycles. The highest BCUT2D eigenvalue weighted by molar-refractivity contribution is 6.31. The first kappa shape index (κ1) is 15.0. The summed E-state index contributed by atoms with van der Waals surface area (Å²) >= 11 is 6.04. The van der Waals surface area contributed by atoms with Crippen LogP contribution in [-0.2, 0) is 0 Å². The average molecular weight is 296 g/mol. The molecule has 0 radical (unpaired) electrons. The molecule has 0 unspecified atom stereocenters. The smallest absolute Gasteiger partial charge is 0.172 e. The Morgan fingerprint density at radius 1 is 1.40 bits per heavy atom. The van der Waals surface area contributed by atoms with Gasteiger partial charge in [0.05, 0.1) is 0 Å². The molecular weight excluding hydrogens is 274 g/mol. The minimum absolute atomic E-state index is 0.108. The van der Waals surface area contributed by atoms with Gasteiger partial charge in [0.1, 0.15) is 0 Å². The van der Waals surface area contributed by atoms with Crippen molar-refractivity contribution in [1.82, 2.24) is 0 Å². The van der Waals surface area contributed by atoms with Gasteiger partial charge in [-0.25, -0.2) is 0 Å². The molecule has 0 aromatic heterocycles. The van der Waals surface area contributed by atoms with Crippen LogP contribution >= 0.6 is 11.6 Å². The van der Waals surface area contributed by atoms with Crippen LogP contribution in [0.5, 0.6) is 0 Å². The highest BCUT2D eigenvalue weighted by Gasteiger charge is 2.23. The summed E-state index contributed by atoms with van der Waals surface area (Å²) in [6, 6.07) is 6.11. The van der Waals surface area contributed by atoms with Crippen molar-refractivity contribution in [2.45, 2.75) is 45.1 Å². The van der Waals surface area contributed by atoms with Gasteiger partial charge in [-0.05, 0) is 38.0 Å². The zero-order valence-electron chi connectivity index (χ0n) is 11.8. The van der Waals surface area contributed by atoms with Gasteiger partial charge < -0.3 is 15.8 Å². The summed E-state index contributed by atoms with van der Waals surface area (Å²) in [7, 11) is 0. The molecular formula is C15H22ClN3O. The Kier molecular flexibility index (Phi) is 5.12. The zero-order valence-corrected chi connectivity index (χ0v) is 12.6. The summed E-state index contributed by atoms with van der Waals surface area (Å²) in [5.74, 6) is 0.108. The van der Waals surface area contributed by atoms with Gasteiger partial charge in [-0.1, -0.05) is 36.0 Å². The molecule has 0 aliphatic heterocycles. The van der Waals surface area contributed by atoms with Gasteiger partial charge in [0.15, 0.2) is 5.84 Å². The van der Waals surface area contributed by atoms with E-state index in [9.17, 15) is 0 Å². The zero-order chi connectivity index (χ0) is 14.5. The molecule has 0 atom stereocenters. The number of anilines is 1. The molecule has 2 rings (SSSR count). The topological polar surface area (TPSA) is 61.8 Å². The first-order valence-corrected chi connectivity index (χ1v) is 7.59. The molecule has 110 valence electrons. The van der Waals surface area contributed by atoms with Crippen molar-refractivity contribution in [3.05, 3.63) is 28.8 Å². The van der Waals surface area contributed by atoms with Gasteiger partial charge in [-0.3, -0.25) is 0 Å². The van der Waals surface area contributed by atoms with Crippen LogP contribution in [0.4, 0.5) is 5.69 Å². The van der Waals surface area contributed by atoms with Crippen LogP contribution in [0.3, 0.4) is 0 Å². The van der Waals surface area contributed by atoms with Crippen molar-refractivity contribution in [2.75, 3.05) is 11.4 Å². The van der Waals surface area contributed by atoms with Crippen molar-refractivity contribution in [3.63, 3.8) is 0 Å². The third-order valence-electron chi connectivity index (χ3n) is 4.01. The van der Waals surface area contributed by atoms with E-state index in [1.165, 1.54) is 32.1 Å². The minimum Gasteiger partial charge on any atom is -0.409 e. The Morgan fingerprint density at radius 3 is 2.70 bits per heavy atom. The largest absolute Gasteiger partial charge is 0.409 e. The second-order valence-corrected chi connectivity index (χ2v) is 5.66. The minimum atomic E-state index is 0.108. The average Bonchev–Trinajstić information content (AvgIpc) is 2.49. The summed E-state index contributed by atoms with van der Waals surface area (Å²) < 4.78 is 0. The maximum Gasteiger partial charge on any atom is 0.172 e. The monoisotopic (exact) mass is 295 g/mol. The molecule has 0 heterocycles. The van der Waals surface area contributed by atoms with Crippen molar-refractivity contribution in [1.29, 1.82) is 0 Å². The molecule has 5 heteroatoms. The van der Waals surface area contributed by atoms with E-state index < -0.39 is 0 Å².